The standard InChI is InChI=1S/C25H22O4.C24H20O5/c1-14-5-8-18-21(11-14)29-22-13-16(26)7-10-19(22)23(18)17-9-6-15(25(2,3)4)12-20(17)24(27)28;1-24(2,3)13-4-7-16(23(27)28)19(10-13)22-17-8-5-14(25)11-20(17)29-21-12-15(26)6-9-18(21)22/h5-13,26H,1H2,2-4H3,(H,27,28);4-12,25H,1-3H3,(H,27,28)/p-2. The van der Waals surface area contributed by atoms with E-state index in [1.165, 1.54) is 36.4 Å². The smallest absolute Gasteiger partial charge is 0.336 e. The highest BCUT2D eigenvalue weighted by Crippen LogP contribution is 2.43. The van der Waals surface area contributed by atoms with Gasteiger partial charge in [-0.1, -0.05) is 103 Å². The van der Waals surface area contributed by atoms with Crippen LogP contribution in [0.4, 0.5) is 0 Å². The van der Waals surface area contributed by atoms with E-state index in [0.717, 1.165) is 27.1 Å². The van der Waals surface area contributed by atoms with Crippen molar-refractivity contribution in [2.75, 3.05) is 0 Å². The summed E-state index contributed by atoms with van der Waals surface area (Å²) in [4.78, 5) is 36.1. The monoisotopic (exact) mass is 772 g/mol. The first kappa shape index (κ1) is 39.1. The average molecular weight is 773 g/mol. The van der Waals surface area contributed by atoms with E-state index in [2.05, 4.69) is 27.4 Å². The van der Waals surface area contributed by atoms with Crippen molar-refractivity contribution in [3.05, 3.63) is 163 Å². The minimum absolute atomic E-state index is 0.143. The molecule has 1 aliphatic carbocycles. The van der Waals surface area contributed by atoms with Crippen LogP contribution in [0.1, 0.15) is 84.5 Å². The number of hydrogen-bond donors (Lipinski definition) is 2. The van der Waals surface area contributed by atoms with Gasteiger partial charge in [0.25, 0.3) is 0 Å². The van der Waals surface area contributed by atoms with Crippen LogP contribution in [0, 0.1) is 0 Å². The Morgan fingerprint density at radius 3 is 1.91 bits per heavy atom. The Labute approximate surface area is 334 Å². The van der Waals surface area contributed by atoms with E-state index in [-0.39, 0.29) is 38.9 Å². The lowest BCUT2D eigenvalue weighted by molar-refractivity contribution is -0.269. The Balaban J connectivity index is 0.000000177. The summed E-state index contributed by atoms with van der Waals surface area (Å²) in [5.74, 6) is -1.16. The molecule has 2 aliphatic heterocycles. The Morgan fingerprint density at radius 2 is 1.22 bits per heavy atom. The van der Waals surface area contributed by atoms with Crippen molar-refractivity contribution in [3.63, 3.8) is 0 Å². The number of ether oxygens (including phenoxy) is 1. The Bertz CT molecular complexity index is 2960. The lowest BCUT2D eigenvalue weighted by Crippen LogP contribution is -2.21. The molecule has 0 atom stereocenters. The second kappa shape index (κ2) is 14.4. The van der Waals surface area contributed by atoms with E-state index < -0.39 is 11.9 Å². The van der Waals surface area contributed by atoms with Crippen molar-refractivity contribution in [2.24, 2.45) is 0 Å². The zero-order valence-corrected chi connectivity index (χ0v) is 32.9. The van der Waals surface area contributed by atoms with Crippen LogP contribution < -0.4 is 30.8 Å². The molecule has 0 bridgehead atoms. The Hall–Kier alpha value is -7.13. The van der Waals surface area contributed by atoms with Crippen molar-refractivity contribution in [1.29, 1.82) is 0 Å². The molecule has 8 rings (SSSR count). The van der Waals surface area contributed by atoms with Crippen molar-refractivity contribution in [1.82, 2.24) is 0 Å². The van der Waals surface area contributed by atoms with E-state index in [4.69, 9.17) is 9.15 Å². The number of carbonyl (C=O) groups is 2. The van der Waals surface area contributed by atoms with E-state index in [1.54, 1.807) is 36.4 Å². The van der Waals surface area contributed by atoms with E-state index in [1.807, 2.05) is 57.2 Å². The molecule has 3 aliphatic rings. The third-order valence-corrected chi connectivity index (χ3v) is 10.2. The van der Waals surface area contributed by atoms with Gasteiger partial charge in [-0.2, -0.15) is 0 Å². The summed E-state index contributed by atoms with van der Waals surface area (Å²) in [7, 11) is 0. The van der Waals surface area contributed by atoms with Gasteiger partial charge in [0.1, 0.15) is 22.8 Å². The van der Waals surface area contributed by atoms with Crippen LogP contribution in [-0.2, 0) is 10.8 Å². The highest BCUT2D eigenvalue weighted by molar-refractivity contribution is 6.07. The fraction of sp³-hybridized carbons (Fsp3) is 0.163. The fourth-order valence-corrected chi connectivity index (χ4v) is 7.16. The fourth-order valence-electron chi connectivity index (χ4n) is 7.16. The number of carboxylic acids is 2. The van der Waals surface area contributed by atoms with Crippen LogP contribution in [0.25, 0.3) is 45.6 Å². The molecule has 292 valence electrons. The van der Waals surface area contributed by atoms with E-state index in [9.17, 15) is 34.8 Å². The van der Waals surface area contributed by atoms with Crippen LogP contribution in [-0.4, -0.2) is 22.2 Å². The zero-order valence-electron chi connectivity index (χ0n) is 32.9. The second-order valence-electron chi connectivity index (χ2n) is 16.4. The Kier molecular flexibility index (Phi) is 9.73. The van der Waals surface area contributed by atoms with Crippen molar-refractivity contribution >= 4 is 35.1 Å². The van der Waals surface area contributed by atoms with Crippen LogP contribution in [0.3, 0.4) is 0 Å². The molecular weight excluding hydrogens is 733 g/mol. The molecule has 0 fully saturated rings. The number of aromatic carboxylic acids is 2. The highest BCUT2D eigenvalue weighted by Gasteiger charge is 2.27. The molecule has 2 N–H and O–H groups in total. The Morgan fingerprint density at radius 1 is 0.603 bits per heavy atom. The molecule has 5 aromatic rings. The van der Waals surface area contributed by atoms with Gasteiger partial charge in [0, 0.05) is 38.9 Å². The minimum Gasteiger partial charge on any atom is -0.872 e. The molecule has 0 aromatic heterocycles. The van der Waals surface area contributed by atoms with Gasteiger partial charge in [-0.25, -0.2) is 9.59 Å². The van der Waals surface area contributed by atoms with Crippen molar-refractivity contribution in [2.45, 2.75) is 52.4 Å². The molecule has 0 radical (unpaired) electrons. The maximum absolute atomic E-state index is 12.2. The maximum atomic E-state index is 12.2. The number of benzene rings is 6. The summed E-state index contributed by atoms with van der Waals surface area (Å²) in [5, 5.41) is 45.7. The quantitative estimate of drug-likeness (QED) is 0.168. The van der Waals surface area contributed by atoms with Crippen LogP contribution >= 0.6 is 0 Å². The molecule has 0 saturated carbocycles. The second-order valence-corrected chi connectivity index (χ2v) is 16.4. The first-order valence-corrected chi connectivity index (χ1v) is 18.6. The van der Waals surface area contributed by atoms with Gasteiger partial charge in [0.15, 0.2) is 5.43 Å². The van der Waals surface area contributed by atoms with Gasteiger partial charge in [-0.15, -0.1) is 11.5 Å². The molecule has 5 aromatic carbocycles. The number of fused-ring (bicyclic) bond motifs is 4. The third-order valence-electron chi connectivity index (χ3n) is 10.2. The first-order valence-electron chi connectivity index (χ1n) is 18.6. The summed E-state index contributed by atoms with van der Waals surface area (Å²) in [6, 6.07) is 29.8. The molecule has 58 heavy (non-hydrogen) atoms. The summed E-state index contributed by atoms with van der Waals surface area (Å²) in [6.07, 6.45) is 0. The predicted molar refractivity (Wildman–Crippen MR) is 221 cm³/mol. The molecule has 9 heteroatoms. The van der Waals surface area contributed by atoms with Gasteiger partial charge in [-0.05, 0) is 86.8 Å². The van der Waals surface area contributed by atoms with Gasteiger partial charge >= 0.3 is 11.9 Å². The lowest BCUT2D eigenvalue weighted by atomic mass is 9.82. The number of rotatable bonds is 4. The first-order chi connectivity index (χ1) is 27.3. The highest BCUT2D eigenvalue weighted by atomic mass is 16.5. The molecule has 0 spiro atoms. The largest absolute Gasteiger partial charge is 0.872 e. The van der Waals surface area contributed by atoms with Crippen LogP contribution in [0.2, 0.25) is 0 Å². The van der Waals surface area contributed by atoms with Gasteiger partial charge in [-0.3, -0.25) is 4.79 Å². The average Bonchev–Trinajstić information content (AvgIpc) is 3.14. The van der Waals surface area contributed by atoms with Gasteiger partial charge in [0.05, 0.1) is 11.1 Å². The lowest BCUT2D eigenvalue weighted by Gasteiger charge is -2.25. The van der Waals surface area contributed by atoms with Gasteiger partial charge in [0.2, 0.25) is 0 Å². The minimum atomic E-state index is -1.05. The number of carboxylic acid groups (broad SMARTS) is 2. The summed E-state index contributed by atoms with van der Waals surface area (Å²) in [6.45, 7) is 16.2. The van der Waals surface area contributed by atoms with Gasteiger partial charge < -0.3 is 29.6 Å². The maximum Gasteiger partial charge on any atom is 0.336 e. The molecule has 9 nitrogen and oxygen atoms in total. The molecular formula is C49H40O9-2. The van der Waals surface area contributed by atoms with Crippen molar-refractivity contribution in [3.8, 4) is 45.4 Å². The van der Waals surface area contributed by atoms with E-state index in [0.29, 0.717) is 56.0 Å². The van der Waals surface area contributed by atoms with Crippen LogP contribution in [0.15, 0.2) is 118 Å². The topological polar surface area (TPSA) is 160 Å². The zero-order chi connectivity index (χ0) is 41.8. The van der Waals surface area contributed by atoms with E-state index >= 15 is 0 Å². The molecule has 0 unspecified atom stereocenters. The normalized spacial score (nSPS) is 12.3. The SMILES string of the molecule is C=c1ccc2c(c1)Oc1cc([O-])ccc1C=2c1ccc(C(C)(C)C)cc1C(=O)O.CC(C)(C)c1ccc(C(=O)O)c(-c2c3ccc(=O)cc-3oc3cc([O-])ccc23)c1. The number of hydrogen-bond acceptors (Lipinski definition) is 7. The van der Waals surface area contributed by atoms with Crippen molar-refractivity contribution < 1.29 is 39.2 Å². The predicted octanol–water partition coefficient (Wildman–Crippen LogP) is 8.15. The molecule has 2 heterocycles. The van der Waals surface area contributed by atoms with Crippen LogP contribution in [0.5, 0.6) is 23.0 Å². The summed E-state index contributed by atoms with van der Waals surface area (Å²) in [5.41, 5.74) is 5.76. The molecule has 0 amide bonds. The summed E-state index contributed by atoms with van der Waals surface area (Å²) < 4.78 is 11.8. The molecule has 0 saturated heterocycles. The summed E-state index contributed by atoms with van der Waals surface area (Å²) >= 11 is 0. The third kappa shape index (κ3) is 7.42.